The second-order valence-electron chi connectivity index (χ2n) is 7.07. The first-order valence-corrected chi connectivity index (χ1v) is 10.1. The molecule has 162 valence electrons. The van der Waals surface area contributed by atoms with Gasteiger partial charge in [-0.05, 0) is 29.8 Å². The van der Waals surface area contributed by atoms with Gasteiger partial charge in [-0.15, -0.1) is 0 Å². The summed E-state index contributed by atoms with van der Waals surface area (Å²) in [6.07, 6.45) is 3.50. The Morgan fingerprint density at radius 3 is 2.50 bits per heavy atom. The van der Waals surface area contributed by atoms with Crippen LogP contribution in [0.4, 0.5) is 15.9 Å². The van der Waals surface area contributed by atoms with Gasteiger partial charge in [-0.1, -0.05) is 37.3 Å². The zero-order valence-electron chi connectivity index (χ0n) is 17.3. The van der Waals surface area contributed by atoms with E-state index in [0.717, 1.165) is 5.56 Å². The van der Waals surface area contributed by atoms with Gasteiger partial charge in [-0.2, -0.15) is 10.2 Å². The molecular weight excluding hydrogens is 411 g/mol. The Balaban J connectivity index is 1.51. The molecule has 4 aromatic rings. The van der Waals surface area contributed by atoms with E-state index >= 15 is 0 Å². The van der Waals surface area contributed by atoms with E-state index in [-0.39, 0.29) is 17.4 Å². The number of hydrogen-bond acceptors (Lipinski definition) is 4. The van der Waals surface area contributed by atoms with Crippen LogP contribution in [0.3, 0.4) is 0 Å². The number of anilines is 2. The normalized spacial score (nSPS) is 10.7. The number of benzene rings is 2. The van der Waals surface area contributed by atoms with Crippen LogP contribution in [0, 0.1) is 5.82 Å². The molecule has 0 atom stereocenters. The topological polar surface area (TPSA) is 93.8 Å². The first-order chi connectivity index (χ1) is 15.5. The highest BCUT2D eigenvalue weighted by Crippen LogP contribution is 2.19. The summed E-state index contributed by atoms with van der Waals surface area (Å²) < 4.78 is 16.2. The largest absolute Gasteiger partial charge is 0.318 e. The number of amides is 2. The van der Waals surface area contributed by atoms with Gasteiger partial charge >= 0.3 is 0 Å². The quantitative estimate of drug-likeness (QED) is 0.464. The zero-order valence-corrected chi connectivity index (χ0v) is 17.3. The predicted molar refractivity (Wildman–Crippen MR) is 118 cm³/mol. The maximum absolute atomic E-state index is 13.1. The van der Waals surface area contributed by atoms with E-state index in [4.69, 9.17) is 0 Å². The number of carbonyl (C=O) groups excluding carboxylic acids is 2. The fourth-order valence-electron chi connectivity index (χ4n) is 3.06. The van der Waals surface area contributed by atoms with E-state index in [2.05, 4.69) is 20.8 Å². The Morgan fingerprint density at radius 1 is 1.03 bits per heavy atom. The van der Waals surface area contributed by atoms with Crippen LogP contribution in [-0.2, 0) is 11.3 Å². The summed E-state index contributed by atoms with van der Waals surface area (Å²) in [7, 11) is 0. The minimum Gasteiger partial charge on any atom is -0.318 e. The molecule has 0 saturated carbocycles. The molecule has 0 saturated heterocycles. The molecule has 2 aromatic carbocycles. The molecule has 0 aliphatic carbocycles. The molecule has 0 unspecified atom stereocenters. The molecule has 0 radical (unpaired) electrons. The Kier molecular flexibility index (Phi) is 6.07. The van der Waals surface area contributed by atoms with Gasteiger partial charge < -0.3 is 10.6 Å². The number of halogens is 1. The average Bonchev–Trinajstić information content (AvgIpc) is 3.43. The standard InChI is InChI=1S/C23H21FN6O2/c1-2-22(31)27-21-12-20(28-30(21)19-6-4-3-5-7-19)23(32)26-18-13-25-29(15-18)14-16-8-10-17(24)11-9-16/h3-13,15H,2,14H2,1H3,(H,26,32)(H,27,31). The molecule has 0 bridgehead atoms. The molecule has 2 aromatic heterocycles. The highest BCUT2D eigenvalue weighted by atomic mass is 19.1. The minimum absolute atomic E-state index is 0.145. The van der Waals surface area contributed by atoms with E-state index in [0.29, 0.717) is 30.2 Å². The lowest BCUT2D eigenvalue weighted by atomic mass is 10.2. The summed E-state index contributed by atoms with van der Waals surface area (Å²) in [6.45, 7) is 2.18. The van der Waals surface area contributed by atoms with Crippen molar-refractivity contribution in [2.75, 3.05) is 10.6 Å². The van der Waals surface area contributed by atoms with Crippen LogP contribution in [0.15, 0.2) is 73.1 Å². The maximum atomic E-state index is 13.1. The van der Waals surface area contributed by atoms with Crippen LogP contribution >= 0.6 is 0 Å². The van der Waals surface area contributed by atoms with E-state index in [1.807, 2.05) is 30.3 Å². The third-order valence-electron chi connectivity index (χ3n) is 4.68. The fourth-order valence-corrected chi connectivity index (χ4v) is 3.06. The number of carbonyl (C=O) groups is 2. The monoisotopic (exact) mass is 432 g/mol. The fraction of sp³-hybridized carbons (Fsp3) is 0.130. The molecule has 9 heteroatoms. The van der Waals surface area contributed by atoms with Crippen LogP contribution in [0.2, 0.25) is 0 Å². The van der Waals surface area contributed by atoms with E-state index < -0.39 is 5.91 Å². The lowest BCUT2D eigenvalue weighted by Gasteiger charge is -2.07. The second-order valence-corrected chi connectivity index (χ2v) is 7.07. The predicted octanol–water partition coefficient (Wildman–Crippen LogP) is 3.86. The maximum Gasteiger partial charge on any atom is 0.276 e. The summed E-state index contributed by atoms with van der Waals surface area (Å²) in [4.78, 5) is 24.7. The molecule has 2 N–H and O–H groups in total. The van der Waals surface area contributed by atoms with Crippen molar-refractivity contribution < 1.29 is 14.0 Å². The van der Waals surface area contributed by atoms with Gasteiger partial charge in [-0.25, -0.2) is 9.07 Å². The minimum atomic E-state index is -0.437. The van der Waals surface area contributed by atoms with Crippen LogP contribution < -0.4 is 10.6 Å². The number of nitrogens with zero attached hydrogens (tertiary/aromatic N) is 4. The van der Waals surface area contributed by atoms with Gasteiger partial charge in [0.25, 0.3) is 5.91 Å². The first-order valence-electron chi connectivity index (χ1n) is 10.1. The molecule has 0 fully saturated rings. The van der Waals surface area contributed by atoms with Crippen molar-refractivity contribution in [3.63, 3.8) is 0 Å². The summed E-state index contributed by atoms with van der Waals surface area (Å²) in [5.74, 6) is -0.518. The van der Waals surface area contributed by atoms with Crippen molar-refractivity contribution in [3.05, 3.63) is 90.1 Å². The number of nitrogens with one attached hydrogen (secondary N) is 2. The number of para-hydroxylation sites is 1. The van der Waals surface area contributed by atoms with Gasteiger partial charge in [0.15, 0.2) is 5.69 Å². The van der Waals surface area contributed by atoms with Crippen molar-refractivity contribution in [2.45, 2.75) is 19.9 Å². The Hall–Kier alpha value is -4.27. The average molecular weight is 432 g/mol. The number of rotatable bonds is 7. The van der Waals surface area contributed by atoms with Crippen LogP contribution in [-0.4, -0.2) is 31.4 Å². The van der Waals surface area contributed by atoms with E-state index in [9.17, 15) is 14.0 Å². The van der Waals surface area contributed by atoms with Gasteiger partial charge in [0.2, 0.25) is 5.91 Å². The number of aromatic nitrogens is 4. The van der Waals surface area contributed by atoms with E-state index in [1.54, 1.807) is 29.9 Å². The van der Waals surface area contributed by atoms with Gasteiger partial charge in [0, 0.05) is 18.7 Å². The smallest absolute Gasteiger partial charge is 0.276 e. The Labute approximate surface area is 183 Å². The zero-order chi connectivity index (χ0) is 22.5. The molecule has 32 heavy (non-hydrogen) atoms. The molecule has 8 nitrogen and oxygen atoms in total. The Morgan fingerprint density at radius 2 is 1.78 bits per heavy atom. The lowest BCUT2D eigenvalue weighted by molar-refractivity contribution is -0.115. The Bertz CT molecular complexity index is 1230. The lowest BCUT2D eigenvalue weighted by Crippen LogP contribution is -2.13. The highest BCUT2D eigenvalue weighted by Gasteiger charge is 2.17. The SMILES string of the molecule is CCC(=O)Nc1cc(C(=O)Nc2cnn(Cc3ccc(F)cc3)c2)nn1-c1ccccc1. The van der Waals surface area contributed by atoms with E-state index in [1.165, 1.54) is 29.1 Å². The second kappa shape index (κ2) is 9.25. The van der Waals surface area contributed by atoms with Crippen molar-refractivity contribution in [1.29, 1.82) is 0 Å². The molecular formula is C23H21FN6O2. The third-order valence-corrected chi connectivity index (χ3v) is 4.68. The van der Waals surface area contributed by atoms with Crippen LogP contribution in [0.25, 0.3) is 5.69 Å². The molecule has 0 aliphatic heterocycles. The molecule has 4 rings (SSSR count). The summed E-state index contributed by atoms with van der Waals surface area (Å²) >= 11 is 0. The highest BCUT2D eigenvalue weighted by molar-refractivity contribution is 6.03. The van der Waals surface area contributed by atoms with Crippen LogP contribution in [0.1, 0.15) is 29.4 Å². The van der Waals surface area contributed by atoms with Crippen molar-refractivity contribution in [1.82, 2.24) is 19.6 Å². The third kappa shape index (κ3) is 4.89. The van der Waals surface area contributed by atoms with Crippen molar-refractivity contribution in [2.24, 2.45) is 0 Å². The first kappa shape index (κ1) is 21.0. The van der Waals surface area contributed by atoms with Gasteiger partial charge in [-0.3, -0.25) is 14.3 Å². The van der Waals surface area contributed by atoms with Crippen LogP contribution in [0.5, 0.6) is 0 Å². The molecule has 0 spiro atoms. The van der Waals surface area contributed by atoms with Crippen molar-refractivity contribution in [3.8, 4) is 5.69 Å². The van der Waals surface area contributed by atoms with Gasteiger partial charge in [0.05, 0.1) is 24.1 Å². The summed E-state index contributed by atoms with van der Waals surface area (Å²) in [5, 5.41) is 14.1. The molecule has 2 heterocycles. The number of hydrogen-bond donors (Lipinski definition) is 2. The molecule has 0 aliphatic rings. The summed E-state index contributed by atoms with van der Waals surface area (Å²) in [5.41, 5.74) is 2.23. The van der Waals surface area contributed by atoms with Gasteiger partial charge in [0.1, 0.15) is 11.6 Å². The molecule has 2 amide bonds. The van der Waals surface area contributed by atoms with Crippen molar-refractivity contribution >= 4 is 23.3 Å². The summed E-state index contributed by atoms with van der Waals surface area (Å²) in [6, 6.07) is 16.9.